The molecular formula is C18H19N3O. The fourth-order valence-corrected chi connectivity index (χ4v) is 3.41. The number of ether oxygens (including phenoxy) is 1. The van der Waals surface area contributed by atoms with Gasteiger partial charge in [0.15, 0.2) is 0 Å². The SMILES string of the molecule is COc1ccc2c(c1)CN(C)CC2c1ccc2cn[nH]c2c1. The Morgan fingerprint density at radius 1 is 1.23 bits per heavy atom. The molecule has 0 aliphatic carbocycles. The van der Waals surface area contributed by atoms with Crippen molar-refractivity contribution in [3.63, 3.8) is 0 Å². The van der Waals surface area contributed by atoms with Crippen LogP contribution in [0.2, 0.25) is 0 Å². The van der Waals surface area contributed by atoms with Crippen LogP contribution >= 0.6 is 0 Å². The minimum absolute atomic E-state index is 0.382. The first-order valence-electron chi connectivity index (χ1n) is 7.53. The monoisotopic (exact) mass is 293 g/mol. The third-order valence-electron chi connectivity index (χ3n) is 4.53. The Kier molecular flexibility index (Phi) is 3.12. The summed E-state index contributed by atoms with van der Waals surface area (Å²) in [5.74, 6) is 1.31. The van der Waals surface area contributed by atoms with Gasteiger partial charge in [0, 0.05) is 24.4 Å². The molecule has 0 saturated carbocycles. The number of H-pyrrole nitrogens is 1. The predicted octanol–water partition coefficient (Wildman–Crippen LogP) is 3.15. The van der Waals surface area contributed by atoms with Gasteiger partial charge >= 0.3 is 0 Å². The Hall–Kier alpha value is -2.33. The van der Waals surface area contributed by atoms with Gasteiger partial charge in [-0.15, -0.1) is 0 Å². The van der Waals surface area contributed by atoms with Crippen LogP contribution in [-0.4, -0.2) is 35.8 Å². The molecule has 1 aliphatic rings. The zero-order valence-corrected chi connectivity index (χ0v) is 12.8. The number of benzene rings is 2. The molecule has 22 heavy (non-hydrogen) atoms. The molecule has 0 bridgehead atoms. The Labute approximate surface area is 129 Å². The van der Waals surface area contributed by atoms with Gasteiger partial charge in [-0.3, -0.25) is 5.10 Å². The highest BCUT2D eigenvalue weighted by Gasteiger charge is 2.25. The van der Waals surface area contributed by atoms with Gasteiger partial charge in [-0.25, -0.2) is 0 Å². The standard InChI is InChI=1S/C18H19N3O/c1-21-10-14-7-15(22-2)5-6-16(14)17(11-21)12-3-4-13-9-19-20-18(13)8-12/h3-9,17H,10-11H2,1-2H3,(H,19,20). The van der Waals surface area contributed by atoms with Crippen LogP contribution in [0.4, 0.5) is 0 Å². The van der Waals surface area contributed by atoms with Crippen LogP contribution in [0, 0.1) is 0 Å². The number of rotatable bonds is 2. The van der Waals surface area contributed by atoms with Crippen molar-refractivity contribution in [2.45, 2.75) is 12.5 Å². The van der Waals surface area contributed by atoms with Crippen LogP contribution in [0.3, 0.4) is 0 Å². The van der Waals surface area contributed by atoms with Crippen molar-refractivity contribution in [2.24, 2.45) is 0 Å². The van der Waals surface area contributed by atoms with Gasteiger partial charge in [-0.1, -0.05) is 18.2 Å². The Morgan fingerprint density at radius 3 is 3.00 bits per heavy atom. The Balaban J connectivity index is 1.81. The molecule has 1 aliphatic heterocycles. The zero-order chi connectivity index (χ0) is 15.1. The molecule has 0 radical (unpaired) electrons. The number of hydrogen-bond acceptors (Lipinski definition) is 3. The van der Waals surface area contributed by atoms with Gasteiger partial charge < -0.3 is 9.64 Å². The molecular weight excluding hydrogens is 274 g/mol. The number of nitrogens with one attached hydrogen (secondary N) is 1. The van der Waals surface area contributed by atoms with Gasteiger partial charge in [-0.05, 0) is 41.9 Å². The second kappa shape index (κ2) is 5.14. The molecule has 3 aromatic rings. The number of nitrogens with zero attached hydrogens (tertiary/aromatic N) is 2. The van der Waals surface area contributed by atoms with E-state index in [1.165, 1.54) is 16.7 Å². The maximum atomic E-state index is 5.37. The molecule has 2 heterocycles. The number of aromatic nitrogens is 2. The molecule has 1 atom stereocenters. The molecule has 1 aromatic heterocycles. The van der Waals surface area contributed by atoms with Crippen molar-refractivity contribution in [3.05, 3.63) is 59.3 Å². The van der Waals surface area contributed by atoms with Crippen LogP contribution < -0.4 is 4.74 Å². The fraction of sp³-hybridized carbons (Fsp3) is 0.278. The van der Waals surface area contributed by atoms with E-state index in [0.29, 0.717) is 5.92 Å². The maximum Gasteiger partial charge on any atom is 0.119 e. The second-order valence-corrected chi connectivity index (χ2v) is 6.03. The van der Waals surface area contributed by atoms with E-state index in [0.717, 1.165) is 29.7 Å². The predicted molar refractivity (Wildman–Crippen MR) is 87.3 cm³/mol. The van der Waals surface area contributed by atoms with E-state index in [1.54, 1.807) is 7.11 Å². The summed E-state index contributed by atoms with van der Waals surface area (Å²) < 4.78 is 5.37. The molecule has 4 heteroatoms. The second-order valence-electron chi connectivity index (χ2n) is 6.03. The van der Waals surface area contributed by atoms with Crippen molar-refractivity contribution in [1.82, 2.24) is 15.1 Å². The molecule has 1 N–H and O–H groups in total. The van der Waals surface area contributed by atoms with Crippen LogP contribution in [0.1, 0.15) is 22.6 Å². The first-order valence-corrected chi connectivity index (χ1v) is 7.53. The summed E-state index contributed by atoms with van der Waals surface area (Å²) in [5, 5.41) is 8.34. The van der Waals surface area contributed by atoms with E-state index in [1.807, 2.05) is 6.20 Å². The quantitative estimate of drug-likeness (QED) is 0.789. The van der Waals surface area contributed by atoms with Gasteiger partial charge in [0.25, 0.3) is 0 Å². The first-order chi connectivity index (χ1) is 10.7. The molecule has 112 valence electrons. The summed E-state index contributed by atoms with van der Waals surface area (Å²) in [4.78, 5) is 2.36. The van der Waals surface area contributed by atoms with Crippen molar-refractivity contribution in [3.8, 4) is 5.75 Å². The third kappa shape index (κ3) is 2.16. The summed E-state index contributed by atoms with van der Waals surface area (Å²) in [6.07, 6.45) is 1.87. The lowest BCUT2D eigenvalue weighted by Gasteiger charge is -2.33. The highest BCUT2D eigenvalue weighted by Crippen LogP contribution is 2.35. The minimum atomic E-state index is 0.382. The fourth-order valence-electron chi connectivity index (χ4n) is 3.41. The first kappa shape index (κ1) is 13.3. The van der Waals surface area contributed by atoms with Crippen LogP contribution in [0.25, 0.3) is 10.9 Å². The maximum absolute atomic E-state index is 5.37. The van der Waals surface area contributed by atoms with Crippen molar-refractivity contribution >= 4 is 10.9 Å². The minimum Gasteiger partial charge on any atom is -0.497 e. The normalized spacial score (nSPS) is 18.4. The smallest absolute Gasteiger partial charge is 0.119 e. The Bertz CT molecular complexity index is 824. The number of fused-ring (bicyclic) bond motifs is 2. The molecule has 0 amide bonds. The summed E-state index contributed by atoms with van der Waals surface area (Å²) in [6, 6.07) is 13.0. The van der Waals surface area contributed by atoms with E-state index < -0.39 is 0 Å². The summed E-state index contributed by atoms with van der Waals surface area (Å²) >= 11 is 0. The molecule has 1 unspecified atom stereocenters. The summed E-state index contributed by atoms with van der Waals surface area (Å²) in [6.45, 7) is 1.99. The highest BCUT2D eigenvalue weighted by atomic mass is 16.5. The zero-order valence-electron chi connectivity index (χ0n) is 12.8. The topological polar surface area (TPSA) is 41.1 Å². The van der Waals surface area contributed by atoms with Gasteiger partial charge in [0.05, 0.1) is 18.8 Å². The molecule has 0 fully saturated rings. The number of likely N-dealkylation sites (N-methyl/N-ethyl adjacent to an activating group) is 1. The largest absolute Gasteiger partial charge is 0.497 e. The van der Waals surface area contributed by atoms with E-state index >= 15 is 0 Å². The Morgan fingerprint density at radius 2 is 2.14 bits per heavy atom. The van der Waals surface area contributed by atoms with E-state index in [9.17, 15) is 0 Å². The van der Waals surface area contributed by atoms with Gasteiger partial charge in [0.2, 0.25) is 0 Å². The highest BCUT2D eigenvalue weighted by molar-refractivity contribution is 5.78. The lowest BCUT2D eigenvalue weighted by Crippen LogP contribution is -2.30. The van der Waals surface area contributed by atoms with E-state index in [4.69, 9.17) is 4.74 Å². The van der Waals surface area contributed by atoms with E-state index in [-0.39, 0.29) is 0 Å². The lowest BCUT2D eigenvalue weighted by atomic mass is 9.84. The average molecular weight is 293 g/mol. The summed E-state index contributed by atoms with van der Waals surface area (Å²) in [7, 11) is 3.89. The molecule has 0 spiro atoms. The molecule has 2 aromatic carbocycles. The molecule has 4 nitrogen and oxygen atoms in total. The molecule has 0 saturated heterocycles. The molecule has 4 rings (SSSR count). The van der Waals surface area contributed by atoms with Crippen LogP contribution in [0.5, 0.6) is 5.75 Å². The van der Waals surface area contributed by atoms with Crippen LogP contribution in [0.15, 0.2) is 42.6 Å². The van der Waals surface area contributed by atoms with Crippen molar-refractivity contribution < 1.29 is 4.74 Å². The van der Waals surface area contributed by atoms with Gasteiger partial charge in [-0.2, -0.15) is 5.10 Å². The summed E-state index contributed by atoms with van der Waals surface area (Å²) in [5.41, 5.74) is 5.18. The number of hydrogen-bond donors (Lipinski definition) is 1. The lowest BCUT2D eigenvalue weighted by molar-refractivity contribution is 0.294. The third-order valence-corrected chi connectivity index (χ3v) is 4.53. The average Bonchev–Trinajstić information content (AvgIpc) is 3.00. The number of aromatic amines is 1. The van der Waals surface area contributed by atoms with Crippen molar-refractivity contribution in [1.29, 1.82) is 0 Å². The van der Waals surface area contributed by atoms with Gasteiger partial charge in [0.1, 0.15) is 5.75 Å². The van der Waals surface area contributed by atoms with Crippen LogP contribution in [-0.2, 0) is 6.54 Å². The number of methoxy groups -OCH3 is 1. The van der Waals surface area contributed by atoms with Crippen molar-refractivity contribution in [2.75, 3.05) is 20.7 Å². The van der Waals surface area contributed by atoms with E-state index in [2.05, 4.69) is 58.5 Å².